The van der Waals surface area contributed by atoms with Crippen LogP contribution in [0, 0.1) is 0 Å². The highest BCUT2D eigenvalue weighted by Crippen LogP contribution is 2.27. The zero-order valence-corrected chi connectivity index (χ0v) is 12.8. The van der Waals surface area contributed by atoms with Crippen molar-refractivity contribution in [3.63, 3.8) is 0 Å². The summed E-state index contributed by atoms with van der Waals surface area (Å²) in [6.45, 7) is 0. The van der Waals surface area contributed by atoms with Gasteiger partial charge in [-0.1, -0.05) is 11.6 Å². The highest BCUT2D eigenvalue weighted by Gasteiger charge is 2.15. The summed E-state index contributed by atoms with van der Waals surface area (Å²) in [6.07, 6.45) is 1.64. The normalized spacial score (nSPS) is 10.1. The number of pyridine rings is 1. The van der Waals surface area contributed by atoms with Gasteiger partial charge in [-0.05, 0) is 24.3 Å². The van der Waals surface area contributed by atoms with Crippen molar-refractivity contribution in [1.82, 2.24) is 4.98 Å². The number of aromatic nitrogens is 1. The molecular weight excluding hydrogens is 290 g/mol. The van der Waals surface area contributed by atoms with Crippen molar-refractivity contribution in [1.29, 1.82) is 0 Å². The third kappa shape index (κ3) is 3.44. The van der Waals surface area contributed by atoms with Crippen LogP contribution in [-0.2, 0) is 0 Å². The van der Waals surface area contributed by atoms with Crippen LogP contribution in [0.2, 0.25) is 5.02 Å². The lowest BCUT2D eigenvalue weighted by molar-refractivity contribution is 0.102. The monoisotopic (exact) mass is 305 g/mol. The van der Waals surface area contributed by atoms with E-state index in [4.69, 9.17) is 16.3 Å². The Hall–Kier alpha value is -2.27. The van der Waals surface area contributed by atoms with E-state index in [1.54, 1.807) is 48.5 Å². The Balaban J connectivity index is 2.30. The number of nitrogens with zero attached hydrogens (tertiary/aromatic N) is 2. The number of methoxy groups -OCH3 is 1. The van der Waals surface area contributed by atoms with Crippen LogP contribution in [0.25, 0.3) is 0 Å². The van der Waals surface area contributed by atoms with E-state index in [0.717, 1.165) is 0 Å². The molecule has 1 N–H and O–H groups in total. The number of amides is 1. The summed E-state index contributed by atoms with van der Waals surface area (Å²) < 4.78 is 5.13. The topological polar surface area (TPSA) is 54.5 Å². The van der Waals surface area contributed by atoms with Gasteiger partial charge < -0.3 is 15.0 Å². The average Bonchev–Trinajstić information content (AvgIpc) is 2.49. The zero-order chi connectivity index (χ0) is 15.4. The standard InChI is InChI=1S/C15H16ClN3O2/c1-19(2)14-11(5-4-8-17-14)15(20)18-13-9-10(21-3)6-7-12(13)16/h4-9H,1-3H3,(H,18,20). The first-order valence-electron chi connectivity index (χ1n) is 6.30. The van der Waals surface area contributed by atoms with Crippen molar-refractivity contribution in [3.8, 4) is 5.75 Å². The van der Waals surface area contributed by atoms with E-state index in [0.29, 0.717) is 27.8 Å². The number of carbonyl (C=O) groups excluding carboxylic acids is 1. The van der Waals surface area contributed by atoms with E-state index in [9.17, 15) is 4.79 Å². The summed E-state index contributed by atoms with van der Waals surface area (Å²) in [5, 5.41) is 3.22. The molecule has 21 heavy (non-hydrogen) atoms. The third-order valence-corrected chi connectivity index (χ3v) is 3.21. The largest absolute Gasteiger partial charge is 0.497 e. The Bertz CT molecular complexity index is 659. The van der Waals surface area contributed by atoms with Gasteiger partial charge in [-0.25, -0.2) is 4.98 Å². The van der Waals surface area contributed by atoms with Gasteiger partial charge in [0.15, 0.2) is 0 Å². The van der Waals surface area contributed by atoms with E-state index in [1.165, 1.54) is 0 Å². The van der Waals surface area contributed by atoms with Gasteiger partial charge in [0.05, 0.1) is 23.4 Å². The molecule has 0 atom stereocenters. The zero-order valence-electron chi connectivity index (χ0n) is 12.1. The van der Waals surface area contributed by atoms with Crippen molar-refractivity contribution in [2.75, 3.05) is 31.4 Å². The molecule has 0 saturated carbocycles. The molecule has 0 aliphatic carbocycles. The minimum atomic E-state index is -0.276. The smallest absolute Gasteiger partial charge is 0.259 e. The molecule has 110 valence electrons. The van der Waals surface area contributed by atoms with E-state index in [2.05, 4.69) is 10.3 Å². The SMILES string of the molecule is COc1ccc(Cl)c(NC(=O)c2cccnc2N(C)C)c1. The van der Waals surface area contributed by atoms with Crippen LogP contribution in [0.4, 0.5) is 11.5 Å². The fraction of sp³-hybridized carbons (Fsp3) is 0.200. The molecule has 1 aromatic heterocycles. The van der Waals surface area contributed by atoms with Crippen LogP contribution < -0.4 is 15.0 Å². The van der Waals surface area contributed by atoms with E-state index >= 15 is 0 Å². The van der Waals surface area contributed by atoms with Gasteiger partial charge in [0, 0.05) is 26.4 Å². The van der Waals surface area contributed by atoms with Gasteiger partial charge >= 0.3 is 0 Å². The van der Waals surface area contributed by atoms with E-state index in [-0.39, 0.29) is 5.91 Å². The molecule has 0 unspecified atom stereocenters. The van der Waals surface area contributed by atoms with Gasteiger partial charge in [-0.2, -0.15) is 0 Å². The molecule has 6 heteroatoms. The van der Waals surface area contributed by atoms with Crippen molar-refractivity contribution in [3.05, 3.63) is 47.1 Å². The second kappa shape index (κ2) is 6.45. The number of ether oxygens (including phenoxy) is 1. The van der Waals surface area contributed by atoms with Gasteiger partial charge in [-0.15, -0.1) is 0 Å². The Morgan fingerprint density at radius 2 is 2.10 bits per heavy atom. The van der Waals surface area contributed by atoms with Crippen molar-refractivity contribution < 1.29 is 9.53 Å². The predicted octanol–water partition coefficient (Wildman–Crippen LogP) is 3.06. The molecule has 0 aliphatic heterocycles. The summed E-state index contributed by atoms with van der Waals surface area (Å²) in [5.41, 5.74) is 0.968. The summed E-state index contributed by atoms with van der Waals surface area (Å²) >= 11 is 6.09. The van der Waals surface area contributed by atoms with Crippen molar-refractivity contribution in [2.45, 2.75) is 0 Å². The second-order valence-electron chi connectivity index (χ2n) is 4.57. The molecule has 1 amide bonds. The van der Waals surface area contributed by atoms with E-state index in [1.807, 2.05) is 14.1 Å². The van der Waals surface area contributed by atoms with Crippen LogP contribution >= 0.6 is 11.6 Å². The maximum atomic E-state index is 12.4. The van der Waals surface area contributed by atoms with Crippen LogP contribution in [-0.4, -0.2) is 32.1 Å². The van der Waals surface area contributed by atoms with Gasteiger partial charge in [0.25, 0.3) is 5.91 Å². The summed E-state index contributed by atoms with van der Waals surface area (Å²) in [5.74, 6) is 0.935. The lowest BCUT2D eigenvalue weighted by Crippen LogP contribution is -2.19. The fourth-order valence-corrected chi connectivity index (χ4v) is 2.01. The Labute approximate surface area is 128 Å². The summed E-state index contributed by atoms with van der Waals surface area (Å²) in [4.78, 5) is 18.4. The van der Waals surface area contributed by atoms with Crippen LogP contribution in [0.3, 0.4) is 0 Å². The molecule has 0 fully saturated rings. The number of hydrogen-bond acceptors (Lipinski definition) is 4. The number of rotatable bonds is 4. The maximum absolute atomic E-state index is 12.4. The van der Waals surface area contributed by atoms with Crippen LogP contribution in [0.1, 0.15) is 10.4 Å². The Kier molecular flexibility index (Phi) is 4.65. The number of halogens is 1. The molecule has 2 rings (SSSR count). The van der Waals surface area contributed by atoms with Gasteiger partial charge in [-0.3, -0.25) is 4.79 Å². The second-order valence-corrected chi connectivity index (χ2v) is 4.98. The quantitative estimate of drug-likeness (QED) is 0.943. The molecule has 0 radical (unpaired) electrons. The molecular formula is C15H16ClN3O2. The number of hydrogen-bond donors (Lipinski definition) is 1. The van der Waals surface area contributed by atoms with Crippen molar-refractivity contribution >= 4 is 29.0 Å². The van der Waals surface area contributed by atoms with Gasteiger partial charge in [0.2, 0.25) is 0 Å². The molecule has 2 aromatic rings. The first-order valence-corrected chi connectivity index (χ1v) is 6.68. The minimum Gasteiger partial charge on any atom is -0.497 e. The molecule has 5 nitrogen and oxygen atoms in total. The first kappa shape index (κ1) is 15.1. The molecule has 0 spiro atoms. The summed E-state index contributed by atoms with van der Waals surface area (Å²) in [7, 11) is 5.22. The maximum Gasteiger partial charge on any atom is 0.259 e. The van der Waals surface area contributed by atoms with Crippen LogP contribution in [0.15, 0.2) is 36.5 Å². The lowest BCUT2D eigenvalue weighted by atomic mass is 10.2. The first-order chi connectivity index (χ1) is 10.0. The highest BCUT2D eigenvalue weighted by atomic mass is 35.5. The number of anilines is 2. The number of benzene rings is 1. The molecule has 0 saturated heterocycles. The molecule has 0 bridgehead atoms. The highest BCUT2D eigenvalue weighted by molar-refractivity contribution is 6.34. The summed E-state index contributed by atoms with van der Waals surface area (Å²) in [6, 6.07) is 8.51. The Morgan fingerprint density at radius 3 is 2.76 bits per heavy atom. The lowest BCUT2D eigenvalue weighted by Gasteiger charge is -2.16. The minimum absolute atomic E-state index is 0.276. The number of nitrogens with one attached hydrogen (secondary N) is 1. The molecule has 1 heterocycles. The predicted molar refractivity (Wildman–Crippen MR) is 84.5 cm³/mol. The molecule has 0 aliphatic rings. The molecule has 1 aromatic carbocycles. The average molecular weight is 306 g/mol. The Morgan fingerprint density at radius 1 is 1.33 bits per heavy atom. The van der Waals surface area contributed by atoms with Crippen molar-refractivity contribution in [2.24, 2.45) is 0 Å². The van der Waals surface area contributed by atoms with E-state index < -0.39 is 0 Å². The fourth-order valence-electron chi connectivity index (χ4n) is 1.85. The third-order valence-electron chi connectivity index (χ3n) is 2.88. The van der Waals surface area contributed by atoms with Gasteiger partial charge in [0.1, 0.15) is 11.6 Å². The number of carbonyl (C=O) groups is 1. The van der Waals surface area contributed by atoms with Crippen LogP contribution in [0.5, 0.6) is 5.75 Å².